The van der Waals surface area contributed by atoms with E-state index in [4.69, 9.17) is 0 Å². The van der Waals surface area contributed by atoms with Gasteiger partial charge in [0.25, 0.3) is 5.91 Å². The first-order chi connectivity index (χ1) is 10.6. The number of aromatic hydroxyl groups is 1. The number of nitrogens with zero attached hydrogens (tertiary/aromatic N) is 1. The van der Waals surface area contributed by atoms with Gasteiger partial charge in [0, 0.05) is 5.56 Å². The fourth-order valence-corrected chi connectivity index (χ4v) is 2.69. The predicted molar refractivity (Wildman–Crippen MR) is 85.0 cm³/mol. The molecule has 1 heterocycles. The van der Waals surface area contributed by atoms with Crippen LogP contribution in [-0.2, 0) is 0 Å². The Bertz CT molecular complexity index is 873. The summed E-state index contributed by atoms with van der Waals surface area (Å²) in [7, 11) is 0. The Hall–Kier alpha value is -2.73. The number of amides is 1. The van der Waals surface area contributed by atoms with Crippen molar-refractivity contribution in [3.8, 4) is 5.75 Å². The molecule has 0 atom stereocenters. The quantitative estimate of drug-likeness (QED) is 0.574. The zero-order valence-corrected chi connectivity index (χ0v) is 12.1. The summed E-state index contributed by atoms with van der Waals surface area (Å²) in [5.41, 5.74) is 2.83. The topological polar surface area (TPSA) is 61.7 Å². The molecule has 2 N–H and O–H groups in total. The molecule has 0 fully saturated rings. The SMILES string of the molecule is O=C(N/N=C/c1c(O)ccc2ccccc12)c1ccc(F)s1. The molecule has 0 unspecified atom stereocenters. The van der Waals surface area contributed by atoms with Crippen molar-refractivity contribution in [2.45, 2.75) is 0 Å². The van der Waals surface area contributed by atoms with Crippen LogP contribution < -0.4 is 5.43 Å². The van der Waals surface area contributed by atoms with E-state index in [2.05, 4.69) is 10.5 Å². The second-order valence-electron chi connectivity index (χ2n) is 4.52. The molecule has 0 aliphatic rings. The Kier molecular flexibility index (Phi) is 3.84. The number of phenolic OH excluding ortho intramolecular Hbond substituents is 1. The average Bonchev–Trinajstić information content (AvgIpc) is 2.96. The maximum atomic E-state index is 12.9. The van der Waals surface area contributed by atoms with Gasteiger partial charge >= 0.3 is 0 Å². The number of carbonyl (C=O) groups is 1. The molecule has 2 aromatic carbocycles. The highest BCUT2D eigenvalue weighted by Gasteiger charge is 2.08. The van der Waals surface area contributed by atoms with E-state index in [0.29, 0.717) is 5.56 Å². The molecule has 0 bridgehead atoms. The third kappa shape index (κ3) is 2.82. The molecule has 0 spiro atoms. The number of fused-ring (bicyclic) bond motifs is 1. The minimum atomic E-state index is -0.495. The second-order valence-corrected chi connectivity index (χ2v) is 5.56. The second kappa shape index (κ2) is 5.95. The predicted octanol–water partition coefficient (Wildman–Crippen LogP) is 3.51. The lowest BCUT2D eigenvalue weighted by molar-refractivity contribution is 0.0959. The lowest BCUT2D eigenvalue weighted by atomic mass is 10.0. The monoisotopic (exact) mass is 314 g/mol. The minimum absolute atomic E-state index is 0.0684. The minimum Gasteiger partial charge on any atom is -0.507 e. The van der Waals surface area contributed by atoms with Gasteiger partial charge in [-0.05, 0) is 29.0 Å². The first-order valence-corrected chi connectivity index (χ1v) is 7.26. The molecule has 110 valence electrons. The van der Waals surface area contributed by atoms with Crippen LogP contribution >= 0.6 is 11.3 Å². The summed E-state index contributed by atoms with van der Waals surface area (Å²) in [6, 6.07) is 13.5. The van der Waals surface area contributed by atoms with Crippen molar-refractivity contribution >= 4 is 34.2 Å². The van der Waals surface area contributed by atoms with E-state index in [1.165, 1.54) is 18.3 Å². The van der Waals surface area contributed by atoms with Crippen molar-refractivity contribution in [3.05, 3.63) is 64.1 Å². The number of rotatable bonds is 3. The van der Waals surface area contributed by atoms with Gasteiger partial charge in [-0.3, -0.25) is 4.79 Å². The van der Waals surface area contributed by atoms with Crippen LogP contribution in [0.5, 0.6) is 5.75 Å². The van der Waals surface area contributed by atoms with E-state index in [1.54, 1.807) is 12.1 Å². The Morgan fingerprint density at radius 3 is 2.77 bits per heavy atom. The van der Waals surface area contributed by atoms with Crippen LogP contribution in [0.4, 0.5) is 4.39 Å². The summed E-state index contributed by atoms with van der Waals surface area (Å²) >= 11 is 0.746. The van der Waals surface area contributed by atoms with Crippen molar-refractivity contribution in [2.75, 3.05) is 0 Å². The zero-order valence-electron chi connectivity index (χ0n) is 11.3. The van der Waals surface area contributed by atoms with Gasteiger partial charge in [0.05, 0.1) is 11.1 Å². The smallest absolute Gasteiger partial charge is 0.281 e. The third-order valence-electron chi connectivity index (χ3n) is 3.10. The molecule has 22 heavy (non-hydrogen) atoms. The fraction of sp³-hybridized carbons (Fsp3) is 0. The van der Waals surface area contributed by atoms with E-state index < -0.39 is 11.0 Å². The molecular weight excluding hydrogens is 303 g/mol. The number of nitrogens with one attached hydrogen (secondary N) is 1. The average molecular weight is 314 g/mol. The standard InChI is InChI=1S/C16H11FN2O2S/c17-15-8-7-14(22-15)16(21)19-18-9-12-11-4-2-1-3-10(11)5-6-13(12)20/h1-9,20H,(H,19,21)/b18-9+. The maximum Gasteiger partial charge on any atom is 0.281 e. The number of thiophene rings is 1. The Morgan fingerprint density at radius 1 is 1.18 bits per heavy atom. The van der Waals surface area contributed by atoms with Crippen molar-refractivity contribution < 1.29 is 14.3 Å². The third-order valence-corrected chi connectivity index (χ3v) is 3.98. The van der Waals surface area contributed by atoms with Crippen LogP contribution in [0.15, 0.2) is 53.6 Å². The van der Waals surface area contributed by atoms with Gasteiger partial charge in [0.2, 0.25) is 0 Å². The van der Waals surface area contributed by atoms with Crippen LogP contribution in [0.25, 0.3) is 10.8 Å². The van der Waals surface area contributed by atoms with E-state index in [0.717, 1.165) is 22.1 Å². The number of hydrogen-bond acceptors (Lipinski definition) is 4. The molecule has 1 amide bonds. The van der Waals surface area contributed by atoms with Crippen LogP contribution in [0.3, 0.4) is 0 Å². The van der Waals surface area contributed by atoms with Gasteiger partial charge in [-0.1, -0.05) is 30.3 Å². The first kappa shape index (κ1) is 14.2. The Balaban J connectivity index is 1.84. The van der Waals surface area contributed by atoms with E-state index >= 15 is 0 Å². The number of benzene rings is 2. The van der Waals surface area contributed by atoms with Crippen LogP contribution in [0.1, 0.15) is 15.2 Å². The normalized spacial score (nSPS) is 11.1. The van der Waals surface area contributed by atoms with Crippen molar-refractivity contribution in [1.29, 1.82) is 0 Å². The maximum absolute atomic E-state index is 12.9. The van der Waals surface area contributed by atoms with Crippen LogP contribution in [0.2, 0.25) is 0 Å². The molecule has 0 aliphatic heterocycles. The number of carbonyl (C=O) groups excluding carboxylic acids is 1. The molecule has 3 aromatic rings. The van der Waals surface area contributed by atoms with Gasteiger partial charge in [-0.2, -0.15) is 9.49 Å². The number of hydrazone groups is 1. The molecule has 4 nitrogen and oxygen atoms in total. The molecule has 0 saturated carbocycles. The summed E-state index contributed by atoms with van der Waals surface area (Å²) < 4.78 is 12.9. The summed E-state index contributed by atoms with van der Waals surface area (Å²) in [4.78, 5) is 12.0. The van der Waals surface area contributed by atoms with E-state index in [-0.39, 0.29) is 10.6 Å². The number of hydrogen-bond donors (Lipinski definition) is 2. The van der Waals surface area contributed by atoms with Gasteiger partial charge in [-0.15, -0.1) is 11.3 Å². The highest BCUT2D eigenvalue weighted by Crippen LogP contribution is 2.25. The zero-order chi connectivity index (χ0) is 15.5. The van der Waals surface area contributed by atoms with Gasteiger partial charge in [0.1, 0.15) is 5.75 Å². The Labute approximate surface area is 129 Å². The molecule has 0 radical (unpaired) electrons. The lowest BCUT2D eigenvalue weighted by Crippen LogP contribution is -2.16. The summed E-state index contributed by atoms with van der Waals surface area (Å²) in [6.45, 7) is 0. The summed E-state index contributed by atoms with van der Waals surface area (Å²) in [5.74, 6) is -0.427. The molecule has 1 aromatic heterocycles. The van der Waals surface area contributed by atoms with Crippen LogP contribution in [0, 0.1) is 5.13 Å². The molecule has 0 aliphatic carbocycles. The lowest BCUT2D eigenvalue weighted by Gasteiger charge is -2.04. The molecule has 3 rings (SSSR count). The largest absolute Gasteiger partial charge is 0.507 e. The van der Waals surface area contributed by atoms with E-state index in [9.17, 15) is 14.3 Å². The highest BCUT2D eigenvalue weighted by molar-refractivity contribution is 7.12. The van der Waals surface area contributed by atoms with Gasteiger partial charge in [-0.25, -0.2) is 5.43 Å². The fourth-order valence-electron chi connectivity index (χ4n) is 2.07. The number of phenols is 1. The first-order valence-electron chi connectivity index (χ1n) is 6.44. The summed E-state index contributed by atoms with van der Waals surface area (Å²) in [5, 5.41) is 15.1. The van der Waals surface area contributed by atoms with E-state index in [1.807, 2.05) is 24.3 Å². The molecule has 6 heteroatoms. The van der Waals surface area contributed by atoms with Crippen molar-refractivity contribution in [1.82, 2.24) is 5.43 Å². The van der Waals surface area contributed by atoms with Crippen molar-refractivity contribution in [3.63, 3.8) is 0 Å². The van der Waals surface area contributed by atoms with Gasteiger partial charge < -0.3 is 5.11 Å². The Morgan fingerprint density at radius 2 is 2.00 bits per heavy atom. The molecular formula is C16H11FN2O2S. The highest BCUT2D eigenvalue weighted by atomic mass is 32.1. The number of halogens is 1. The summed E-state index contributed by atoms with van der Waals surface area (Å²) in [6.07, 6.45) is 1.37. The molecule has 0 saturated heterocycles. The van der Waals surface area contributed by atoms with Crippen molar-refractivity contribution in [2.24, 2.45) is 5.10 Å². The van der Waals surface area contributed by atoms with Gasteiger partial charge in [0.15, 0.2) is 5.13 Å². The van der Waals surface area contributed by atoms with Crippen LogP contribution in [-0.4, -0.2) is 17.2 Å².